The van der Waals surface area contributed by atoms with Gasteiger partial charge in [-0.2, -0.15) is 0 Å². The number of carbonyl (C=O) groups is 1. The molecule has 0 aromatic heterocycles. The van der Waals surface area contributed by atoms with E-state index in [9.17, 15) is 4.79 Å². The first-order chi connectivity index (χ1) is 6.77. The summed E-state index contributed by atoms with van der Waals surface area (Å²) in [5, 5.41) is 1.42. The summed E-state index contributed by atoms with van der Waals surface area (Å²) in [5.74, 6) is -0.0264. The minimum absolute atomic E-state index is 0.0264. The largest absolute Gasteiger partial charge is 0.465 e. The molecule has 0 aliphatic carbocycles. The molecule has 2 heterocycles. The minimum Gasteiger partial charge on any atom is -0.465 e. The van der Waals surface area contributed by atoms with Crippen molar-refractivity contribution in [2.75, 3.05) is 20.2 Å². The van der Waals surface area contributed by atoms with Crippen LogP contribution in [-0.2, 0) is 9.53 Å². The molecule has 0 bridgehead atoms. The third kappa shape index (κ3) is 2.11. The lowest BCUT2D eigenvalue weighted by atomic mass is 10.2. The fourth-order valence-electron chi connectivity index (χ4n) is 1.84. The number of carbonyl (C=O) groups excluding carboxylic acids is 1. The molecule has 0 spiro atoms. The van der Waals surface area contributed by atoms with Gasteiger partial charge in [-0.05, 0) is 18.2 Å². The molecule has 4 heteroatoms. The van der Waals surface area contributed by atoms with E-state index in [1.165, 1.54) is 17.9 Å². The van der Waals surface area contributed by atoms with Crippen molar-refractivity contribution in [1.82, 2.24) is 0 Å². The zero-order chi connectivity index (χ0) is 9.97. The Bertz CT molecular complexity index is 275. The molecule has 1 saturated heterocycles. The molecule has 0 N–H and O–H groups in total. The van der Waals surface area contributed by atoms with Crippen molar-refractivity contribution in [3.05, 3.63) is 0 Å². The normalized spacial score (nSPS) is 28.1. The van der Waals surface area contributed by atoms with Crippen LogP contribution in [0.2, 0.25) is 0 Å². The second-order valence-electron chi connectivity index (χ2n) is 3.84. The van der Waals surface area contributed by atoms with Crippen LogP contribution in [0.5, 0.6) is 0 Å². The van der Waals surface area contributed by atoms with Crippen molar-refractivity contribution in [3.63, 3.8) is 0 Å². The molecule has 0 saturated carbocycles. The van der Waals surface area contributed by atoms with Gasteiger partial charge in [0.25, 0.3) is 0 Å². The summed E-state index contributed by atoms with van der Waals surface area (Å²) in [6.45, 7) is 1.73. The maximum atomic E-state index is 11.3. The summed E-state index contributed by atoms with van der Waals surface area (Å²) in [4.78, 5) is 11.3. The standard InChI is InChI=1S/C10H16NO2S/c1-11-6-3-2-4-9(11)14-8-5-7-13-10(8)12/h8H,2-7H2,1H3/q+1. The van der Waals surface area contributed by atoms with E-state index < -0.39 is 0 Å². The molecule has 14 heavy (non-hydrogen) atoms. The van der Waals surface area contributed by atoms with Crippen molar-refractivity contribution in [2.45, 2.75) is 30.9 Å². The molecular formula is C10H16NO2S+. The Morgan fingerprint density at radius 1 is 1.50 bits per heavy atom. The topological polar surface area (TPSA) is 29.3 Å². The molecule has 78 valence electrons. The van der Waals surface area contributed by atoms with Gasteiger partial charge in [0.1, 0.15) is 18.8 Å². The number of hydrogen-bond donors (Lipinski definition) is 0. The van der Waals surface area contributed by atoms with Gasteiger partial charge in [0, 0.05) is 19.3 Å². The van der Waals surface area contributed by atoms with Crippen molar-refractivity contribution < 1.29 is 14.1 Å². The summed E-state index contributed by atoms with van der Waals surface area (Å²) in [6, 6.07) is 0. The first-order valence-corrected chi connectivity index (χ1v) is 6.05. The number of ether oxygens (including phenoxy) is 1. The Labute approximate surface area is 88.5 Å². The molecular weight excluding hydrogens is 198 g/mol. The van der Waals surface area contributed by atoms with Crippen molar-refractivity contribution in [3.8, 4) is 0 Å². The molecule has 2 aliphatic rings. The highest BCUT2D eigenvalue weighted by molar-refractivity contribution is 8.14. The summed E-state index contributed by atoms with van der Waals surface area (Å²) < 4.78 is 7.23. The van der Waals surface area contributed by atoms with Crippen molar-refractivity contribution in [1.29, 1.82) is 0 Å². The first kappa shape index (κ1) is 10.0. The van der Waals surface area contributed by atoms with Crippen molar-refractivity contribution in [2.24, 2.45) is 0 Å². The predicted octanol–water partition coefficient (Wildman–Crippen LogP) is 1.26. The highest BCUT2D eigenvalue weighted by Crippen LogP contribution is 2.26. The molecule has 0 amide bonds. The Balaban J connectivity index is 1.99. The van der Waals surface area contributed by atoms with Crippen LogP contribution >= 0.6 is 11.8 Å². The fraction of sp³-hybridized carbons (Fsp3) is 0.800. The van der Waals surface area contributed by atoms with Crippen LogP contribution in [0.15, 0.2) is 0 Å². The molecule has 3 nitrogen and oxygen atoms in total. The molecule has 1 unspecified atom stereocenters. The average molecular weight is 214 g/mol. The highest BCUT2D eigenvalue weighted by Gasteiger charge is 2.31. The van der Waals surface area contributed by atoms with Crippen LogP contribution in [0.25, 0.3) is 0 Å². The van der Waals surface area contributed by atoms with Crippen LogP contribution in [0, 0.1) is 0 Å². The summed E-state index contributed by atoms with van der Waals surface area (Å²) in [5.41, 5.74) is 0. The molecule has 0 radical (unpaired) electrons. The van der Waals surface area contributed by atoms with Crippen LogP contribution < -0.4 is 0 Å². The van der Waals surface area contributed by atoms with E-state index in [1.807, 2.05) is 0 Å². The summed E-state index contributed by atoms with van der Waals surface area (Å²) in [6.07, 6.45) is 4.54. The number of rotatable bonds is 1. The van der Waals surface area contributed by atoms with E-state index in [4.69, 9.17) is 4.74 Å². The summed E-state index contributed by atoms with van der Waals surface area (Å²) in [7, 11) is 2.11. The molecule has 0 aromatic carbocycles. The lowest BCUT2D eigenvalue weighted by Crippen LogP contribution is -2.24. The van der Waals surface area contributed by atoms with E-state index in [0.29, 0.717) is 6.61 Å². The van der Waals surface area contributed by atoms with Gasteiger partial charge >= 0.3 is 5.97 Å². The SMILES string of the molecule is C[N+]1=C(SC2CCOC2=O)CCCC1. The number of esters is 1. The zero-order valence-electron chi connectivity index (χ0n) is 8.49. The first-order valence-electron chi connectivity index (χ1n) is 5.17. The molecule has 1 fully saturated rings. The van der Waals surface area contributed by atoms with Gasteiger partial charge in [0.05, 0.1) is 6.61 Å². The second-order valence-corrected chi connectivity index (χ2v) is 5.11. The lowest BCUT2D eigenvalue weighted by molar-refractivity contribution is -0.499. The van der Waals surface area contributed by atoms with Gasteiger partial charge in [-0.1, -0.05) is 0 Å². The Kier molecular flexibility index (Phi) is 3.11. The van der Waals surface area contributed by atoms with Crippen molar-refractivity contribution >= 4 is 22.8 Å². The third-order valence-electron chi connectivity index (χ3n) is 2.73. The smallest absolute Gasteiger partial charge is 0.319 e. The molecule has 2 rings (SSSR count). The number of cyclic esters (lactones) is 1. The predicted molar refractivity (Wildman–Crippen MR) is 56.9 cm³/mol. The van der Waals surface area contributed by atoms with Gasteiger partial charge in [-0.15, -0.1) is 0 Å². The van der Waals surface area contributed by atoms with Crippen LogP contribution in [0.1, 0.15) is 25.7 Å². The van der Waals surface area contributed by atoms with E-state index in [1.54, 1.807) is 11.8 Å². The third-order valence-corrected chi connectivity index (χ3v) is 4.23. The maximum absolute atomic E-state index is 11.3. The molecule has 2 aliphatic heterocycles. The second kappa shape index (κ2) is 4.34. The van der Waals surface area contributed by atoms with Crippen LogP contribution in [0.4, 0.5) is 0 Å². The highest BCUT2D eigenvalue weighted by atomic mass is 32.2. The zero-order valence-corrected chi connectivity index (χ0v) is 9.31. The fourth-order valence-corrected chi connectivity index (χ4v) is 3.08. The average Bonchev–Trinajstić information content (AvgIpc) is 2.56. The van der Waals surface area contributed by atoms with Gasteiger partial charge in [0.2, 0.25) is 5.04 Å². The number of nitrogens with zero attached hydrogens (tertiary/aromatic N) is 1. The maximum Gasteiger partial charge on any atom is 0.319 e. The van der Waals surface area contributed by atoms with Crippen LogP contribution in [-0.4, -0.2) is 41.0 Å². The van der Waals surface area contributed by atoms with Gasteiger partial charge in [-0.3, -0.25) is 4.79 Å². The van der Waals surface area contributed by atoms with Gasteiger partial charge in [0.15, 0.2) is 0 Å². The monoisotopic (exact) mass is 214 g/mol. The number of hydrogen-bond acceptors (Lipinski definition) is 3. The van der Waals surface area contributed by atoms with E-state index >= 15 is 0 Å². The minimum atomic E-state index is -0.0264. The lowest BCUT2D eigenvalue weighted by Gasteiger charge is -2.12. The van der Waals surface area contributed by atoms with Gasteiger partial charge < -0.3 is 4.74 Å². The summed E-state index contributed by atoms with van der Waals surface area (Å²) >= 11 is 1.71. The van der Waals surface area contributed by atoms with E-state index in [2.05, 4.69) is 11.6 Å². The molecule has 1 atom stereocenters. The Morgan fingerprint density at radius 2 is 2.36 bits per heavy atom. The molecule has 0 aromatic rings. The Morgan fingerprint density at radius 3 is 3.00 bits per heavy atom. The quantitative estimate of drug-likeness (QED) is 0.486. The van der Waals surface area contributed by atoms with E-state index in [-0.39, 0.29) is 11.2 Å². The Hall–Kier alpha value is -0.510. The van der Waals surface area contributed by atoms with Crippen LogP contribution in [0.3, 0.4) is 0 Å². The number of thioether (sulfide) groups is 1. The van der Waals surface area contributed by atoms with E-state index in [0.717, 1.165) is 19.4 Å². The van der Waals surface area contributed by atoms with Gasteiger partial charge in [-0.25, -0.2) is 4.58 Å².